The molecule has 1 N–H and O–H groups in total. The number of aromatic nitrogens is 2. The summed E-state index contributed by atoms with van der Waals surface area (Å²) in [6, 6.07) is 14.9. The number of nitrogens with one attached hydrogen (secondary N) is 1. The highest BCUT2D eigenvalue weighted by atomic mass is 79.9. The fourth-order valence-corrected chi connectivity index (χ4v) is 3.71. The van der Waals surface area contributed by atoms with Gasteiger partial charge in [0.2, 0.25) is 0 Å². The summed E-state index contributed by atoms with van der Waals surface area (Å²) in [4.78, 5) is 34.4. The topological polar surface area (TPSA) is 73.2 Å². The maximum Gasteiger partial charge on any atom is 0.262 e. The van der Waals surface area contributed by atoms with Crippen LogP contribution in [0, 0.1) is 0 Å². The number of fused-ring (bicyclic) bond motifs is 1. The number of thioether (sulfide) groups is 1. The van der Waals surface area contributed by atoms with Gasteiger partial charge in [-0.3, -0.25) is 19.0 Å². The molecule has 2 aromatic carbocycles. The monoisotopic (exact) mass is 447 g/mol. The molecule has 0 aliphatic rings. The highest BCUT2D eigenvalue weighted by Gasteiger charge is 2.12. The van der Waals surface area contributed by atoms with Crippen LogP contribution >= 0.6 is 27.7 Å². The Morgan fingerprint density at radius 1 is 1.26 bits per heavy atom. The summed E-state index contributed by atoms with van der Waals surface area (Å²) in [6.45, 7) is 2.64. The summed E-state index contributed by atoms with van der Waals surface area (Å²) in [5.74, 6) is -0.188. The predicted octanol–water partition coefficient (Wildman–Crippen LogP) is 3.52. The minimum absolute atomic E-state index is 0.100. The maximum atomic E-state index is 12.7. The third-order valence-corrected chi connectivity index (χ3v) is 5.27. The van der Waals surface area contributed by atoms with Gasteiger partial charge in [-0.25, -0.2) is 10.5 Å². The van der Waals surface area contributed by atoms with E-state index in [1.54, 1.807) is 16.7 Å². The molecule has 0 radical (unpaired) electrons. The van der Waals surface area contributed by atoms with Crippen LogP contribution in [0.4, 0.5) is 0 Å². The van der Waals surface area contributed by atoms with Crippen LogP contribution in [0.2, 0.25) is 0 Å². The van der Waals surface area contributed by atoms with Gasteiger partial charge in [0.25, 0.3) is 11.5 Å². The number of carbonyl (C=O) groups excluding carboxylic acids is 1. The van der Waals surface area contributed by atoms with E-state index in [4.69, 9.17) is 4.84 Å². The predicted molar refractivity (Wildman–Crippen MR) is 109 cm³/mol. The first-order valence-corrected chi connectivity index (χ1v) is 10.1. The van der Waals surface area contributed by atoms with E-state index >= 15 is 0 Å². The van der Waals surface area contributed by atoms with Crippen molar-refractivity contribution in [2.75, 3.05) is 5.75 Å². The van der Waals surface area contributed by atoms with E-state index < -0.39 is 0 Å². The van der Waals surface area contributed by atoms with E-state index in [9.17, 15) is 9.59 Å². The van der Waals surface area contributed by atoms with Crippen molar-refractivity contribution in [3.63, 3.8) is 0 Å². The zero-order chi connectivity index (χ0) is 19.2. The lowest BCUT2D eigenvalue weighted by molar-refractivity contribution is -0.131. The number of nitrogens with zero attached hydrogens (tertiary/aromatic N) is 2. The van der Waals surface area contributed by atoms with E-state index in [-0.39, 0.29) is 17.2 Å². The molecule has 0 saturated heterocycles. The first-order chi connectivity index (χ1) is 13.1. The third-order valence-electron chi connectivity index (χ3n) is 3.80. The van der Waals surface area contributed by atoms with Gasteiger partial charge in [-0.1, -0.05) is 58.0 Å². The van der Waals surface area contributed by atoms with Gasteiger partial charge in [-0.15, -0.1) is 0 Å². The van der Waals surface area contributed by atoms with Crippen LogP contribution in [0.1, 0.15) is 12.5 Å². The van der Waals surface area contributed by atoms with Crippen LogP contribution in [0.25, 0.3) is 10.9 Å². The zero-order valence-electron chi connectivity index (χ0n) is 14.6. The van der Waals surface area contributed by atoms with Crippen molar-refractivity contribution < 1.29 is 9.63 Å². The largest absolute Gasteiger partial charge is 0.287 e. The van der Waals surface area contributed by atoms with Crippen LogP contribution in [0.3, 0.4) is 0 Å². The lowest BCUT2D eigenvalue weighted by atomic mass is 10.2. The molecule has 6 nitrogen and oxygen atoms in total. The number of amides is 1. The quantitative estimate of drug-likeness (QED) is 0.340. The highest BCUT2D eigenvalue weighted by Crippen LogP contribution is 2.20. The summed E-state index contributed by atoms with van der Waals surface area (Å²) in [7, 11) is 0. The number of rotatable bonds is 7. The average molecular weight is 448 g/mol. The molecule has 0 bridgehead atoms. The van der Waals surface area contributed by atoms with Crippen molar-refractivity contribution in [3.8, 4) is 0 Å². The molecule has 0 saturated carbocycles. The van der Waals surface area contributed by atoms with Gasteiger partial charge in [-0.2, -0.15) is 0 Å². The second kappa shape index (κ2) is 9.16. The van der Waals surface area contributed by atoms with Gasteiger partial charge in [0, 0.05) is 11.0 Å². The Kier molecular flexibility index (Phi) is 6.65. The lowest BCUT2D eigenvalue weighted by Crippen LogP contribution is -2.27. The van der Waals surface area contributed by atoms with E-state index in [2.05, 4.69) is 26.4 Å². The number of benzene rings is 2. The molecule has 8 heteroatoms. The number of hydrogen-bond donors (Lipinski definition) is 1. The van der Waals surface area contributed by atoms with Crippen LogP contribution in [-0.2, 0) is 22.8 Å². The molecule has 0 fully saturated rings. The number of hydroxylamine groups is 1. The Bertz CT molecular complexity index is 1010. The molecule has 1 amide bonds. The first-order valence-electron chi connectivity index (χ1n) is 8.36. The molecular weight excluding hydrogens is 430 g/mol. The zero-order valence-corrected chi connectivity index (χ0v) is 17.0. The molecule has 0 spiro atoms. The van der Waals surface area contributed by atoms with Gasteiger partial charge < -0.3 is 0 Å². The first kappa shape index (κ1) is 19.6. The summed E-state index contributed by atoms with van der Waals surface area (Å²) < 4.78 is 2.39. The molecule has 27 heavy (non-hydrogen) atoms. The molecule has 3 aromatic rings. The van der Waals surface area contributed by atoms with E-state index in [0.717, 1.165) is 10.0 Å². The number of carbonyl (C=O) groups is 1. The van der Waals surface area contributed by atoms with Gasteiger partial charge >= 0.3 is 0 Å². The molecule has 0 unspecified atom stereocenters. The van der Waals surface area contributed by atoms with Gasteiger partial charge in [0.1, 0.15) is 0 Å². The Labute approximate surface area is 169 Å². The molecule has 1 aromatic heterocycles. The number of halogens is 1. The Balaban J connectivity index is 1.64. The molecule has 1 heterocycles. The fourth-order valence-electron chi connectivity index (χ4n) is 2.50. The number of hydrogen-bond acceptors (Lipinski definition) is 5. The highest BCUT2D eigenvalue weighted by molar-refractivity contribution is 9.10. The fraction of sp³-hybridized carbons (Fsp3) is 0.211. The van der Waals surface area contributed by atoms with Crippen molar-refractivity contribution in [1.29, 1.82) is 0 Å². The second-order valence-electron chi connectivity index (χ2n) is 5.69. The van der Waals surface area contributed by atoms with Crippen molar-refractivity contribution in [2.24, 2.45) is 0 Å². The summed E-state index contributed by atoms with van der Waals surface area (Å²) in [5.41, 5.74) is 3.87. The minimum atomic E-state index is -0.288. The van der Waals surface area contributed by atoms with Crippen LogP contribution in [-0.4, -0.2) is 21.2 Å². The van der Waals surface area contributed by atoms with E-state index in [1.165, 1.54) is 11.8 Å². The minimum Gasteiger partial charge on any atom is -0.287 e. The molecule has 0 aliphatic heterocycles. The molecular formula is C19H18BrN3O3S. The Hall–Kier alpha value is -2.16. The second-order valence-corrected chi connectivity index (χ2v) is 7.55. The van der Waals surface area contributed by atoms with Gasteiger partial charge in [0.15, 0.2) is 5.16 Å². The summed E-state index contributed by atoms with van der Waals surface area (Å²) in [5, 5.41) is 1.06. The normalized spacial score (nSPS) is 10.9. The average Bonchev–Trinajstić information content (AvgIpc) is 2.68. The van der Waals surface area contributed by atoms with Gasteiger partial charge in [0.05, 0.1) is 23.3 Å². The van der Waals surface area contributed by atoms with Crippen molar-refractivity contribution in [1.82, 2.24) is 15.0 Å². The van der Waals surface area contributed by atoms with Crippen LogP contribution < -0.4 is 11.0 Å². The lowest BCUT2D eigenvalue weighted by Gasteiger charge is -2.11. The van der Waals surface area contributed by atoms with Crippen molar-refractivity contribution in [2.45, 2.75) is 25.2 Å². The Morgan fingerprint density at radius 3 is 2.78 bits per heavy atom. The van der Waals surface area contributed by atoms with Gasteiger partial charge in [-0.05, 0) is 30.7 Å². The van der Waals surface area contributed by atoms with Crippen molar-refractivity contribution in [3.05, 3.63) is 68.9 Å². The van der Waals surface area contributed by atoms with E-state index in [1.807, 2.05) is 43.3 Å². The Morgan fingerprint density at radius 2 is 2.04 bits per heavy atom. The summed E-state index contributed by atoms with van der Waals surface area (Å²) in [6.07, 6.45) is 0. The molecule has 3 rings (SSSR count). The maximum absolute atomic E-state index is 12.7. The standard InChI is InChI=1S/C19H18BrN3O3S/c1-2-23-18(25)15-10-14(20)8-9-16(15)21-19(23)27-12-17(24)22-26-11-13-6-4-3-5-7-13/h3-10H,2,11-12H2,1H3,(H,22,24). The smallest absolute Gasteiger partial charge is 0.262 e. The third kappa shape index (κ3) is 4.97. The SMILES string of the molecule is CCn1c(SCC(=O)NOCc2ccccc2)nc2ccc(Br)cc2c1=O. The van der Waals surface area contributed by atoms with Crippen LogP contribution in [0.15, 0.2) is 63.0 Å². The van der Waals surface area contributed by atoms with Crippen LogP contribution in [0.5, 0.6) is 0 Å². The van der Waals surface area contributed by atoms with Crippen molar-refractivity contribution >= 4 is 44.5 Å². The molecule has 0 atom stereocenters. The molecule has 140 valence electrons. The molecule has 0 aliphatic carbocycles. The van der Waals surface area contributed by atoms with E-state index in [0.29, 0.717) is 29.2 Å². The summed E-state index contributed by atoms with van der Waals surface area (Å²) >= 11 is 4.58.